The number of nitrogens with one attached hydrogen (secondary N) is 2. The molecule has 1 saturated carbocycles. The first-order valence-electron chi connectivity index (χ1n) is 10.0. The molecule has 0 amide bonds. The highest BCUT2D eigenvalue weighted by Gasteiger charge is 2.35. The first kappa shape index (κ1) is 17.7. The smallest absolute Gasteiger partial charge is 0.191 e. The second-order valence-electron chi connectivity index (χ2n) is 8.63. The minimum Gasteiger partial charge on any atom is -0.487 e. The van der Waals surface area contributed by atoms with Gasteiger partial charge in [-0.25, -0.2) is 0 Å². The minimum atomic E-state index is -0.179. The highest BCUT2D eigenvalue weighted by Crippen LogP contribution is 2.39. The zero-order valence-electron chi connectivity index (χ0n) is 16.3. The maximum Gasteiger partial charge on any atom is 0.191 e. The summed E-state index contributed by atoms with van der Waals surface area (Å²) in [5, 5.41) is 7.20. The van der Waals surface area contributed by atoms with Gasteiger partial charge < -0.3 is 20.3 Å². The fourth-order valence-corrected chi connectivity index (χ4v) is 4.33. The van der Waals surface area contributed by atoms with Crippen molar-refractivity contribution in [2.24, 2.45) is 10.9 Å². The van der Waals surface area contributed by atoms with Gasteiger partial charge in [-0.05, 0) is 51.6 Å². The van der Waals surface area contributed by atoms with Crippen LogP contribution in [-0.4, -0.2) is 49.2 Å². The summed E-state index contributed by atoms with van der Waals surface area (Å²) in [6, 6.07) is 9.43. The summed E-state index contributed by atoms with van der Waals surface area (Å²) in [5.41, 5.74) is 1.04. The second-order valence-corrected chi connectivity index (χ2v) is 8.63. The highest BCUT2D eigenvalue weighted by atomic mass is 16.5. The summed E-state index contributed by atoms with van der Waals surface area (Å²) in [7, 11) is 1.86. The van der Waals surface area contributed by atoms with Gasteiger partial charge in [0.05, 0.1) is 6.04 Å². The Kier molecular flexibility index (Phi) is 4.82. The lowest BCUT2D eigenvalue weighted by Gasteiger charge is -2.38. The molecule has 0 bridgehead atoms. The van der Waals surface area contributed by atoms with Crippen molar-refractivity contribution in [3.63, 3.8) is 0 Å². The lowest BCUT2D eigenvalue weighted by molar-refractivity contribution is 0.0694. The first-order chi connectivity index (χ1) is 12.5. The van der Waals surface area contributed by atoms with Gasteiger partial charge in [-0.2, -0.15) is 0 Å². The van der Waals surface area contributed by atoms with Crippen molar-refractivity contribution in [1.29, 1.82) is 0 Å². The summed E-state index contributed by atoms with van der Waals surface area (Å²) in [6.07, 6.45) is 5.03. The molecule has 1 aliphatic carbocycles. The van der Waals surface area contributed by atoms with Crippen LogP contribution < -0.4 is 15.4 Å². The maximum atomic E-state index is 6.14. The Balaban J connectivity index is 1.36. The molecule has 0 aromatic heterocycles. The maximum absolute atomic E-state index is 6.14. The van der Waals surface area contributed by atoms with Crippen molar-refractivity contribution in [1.82, 2.24) is 15.5 Å². The standard InChI is InChI=1S/C21H32N4O/c1-21(2)12-18(17-6-4-5-7-19(17)26-21)24-20(22-3)23-13-15-10-11-25(14-15)16-8-9-16/h4-7,15-16,18H,8-14H2,1-3H3,(H2,22,23,24). The zero-order valence-corrected chi connectivity index (χ0v) is 16.3. The zero-order chi connectivity index (χ0) is 18.1. The fourth-order valence-electron chi connectivity index (χ4n) is 4.33. The van der Waals surface area contributed by atoms with Crippen LogP contribution in [0.2, 0.25) is 0 Å². The minimum absolute atomic E-state index is 0.179. The van der Waals surface area contributed by atoms with Crippen LogP contribution in [0.1, 0.15) is 51.1 Å². The molecule has 142 valence electrons. The predicted molar refractivity (Wildman–Crippen MR) is 106 cm³/mol. The van der Waals surface area contributed by atoms with Gasteiger partial charge in [-0.3, -0.25) is 4.99 Å². The molecular weight excluding hydrogens is 324 g/mol. The highest BCUT2D eigenvalue weighted by molar-refractivity contribution is 5.80. The molecule has 2 unspecified atom stereocenters. The molecule has 5 nitrogen and oxygen atoms in total. The Morgan fingerprint density at radius 2 is 2.08 bits per heavy atom. The molecule has 2 heterocycles. The molecule has 1 aromatic carbocycles. The van der Waals surface area contributed by atoms with Crippen LogP contribution in [0.4, 0.5) is 0 Å². The van der Waals surface area contributed by atoms with Crippen molar-refractivity contribution in [2.45, 2.75) is 57.2 Å². The van der Waals surface area contributed by atoms with E-state index in [9.17, 15) is 0 Å². The van der Waals surface area contributed by atoms with Crippen LogP contribution in [0.15, 0.2) is 29.3 Å². The molecule has 1 aromatic rings. The predicted octanol–water partition coefficient (Wildman–Crippen LogP) is 2.94. The van der Waals surface area contributed by atoms with Crippen molar-refractivity contribution >= 4 is 5.96 Å². The molecule has 2 fully saturated rings. The normalized spacial score (nSPS) is 28.3. The Morgan fingerprint density at radius 1 is 1.27 bits per heavy atom. The van der Waals surface area contributed by atoms with Gasteiger partial charge in [-0.15, -0.1) is 0 Å². The topological polar surface area (TPSA) is 48.9 Å². The van der Waals surface area contributed by atoms with Gasteiger partial charge in [-0.1, -0.05) is 18.2 Å². The first-order valence-corrected chi connectivity index (χ1v) is 10.0. The molecule has 2 atom stereocenters. The van der Waals surface area contributed by atoms with Gasteiger partial charge in [0.2, 0.25) is 0 Å². The fraction of sp³-hybridized carbons (Fsp3) is 0.667. The van der Waals surface area contributed by atoms with Crippen LogP contribution in [-0.2, 0) is 0 Å². The van der Waals surface area contributed by atoms with Gasteiger partial charge in [0.25, 0.3) is 0 Å². The van der Waals surface area contributed by atoms with E-state index in [1.54, 1.807) is 0 Å². The Bertz CT molecular complexity index is 668. The Labute approximate surface area is 157 Å². The molecule has 1 saturated heterocycles. The number of hydrogen-bond donors (Lipinski definition) is 2. The van der Waals surface area contributed by atoms with E-state index in [1.165, 1.54) is 37.9 Å². The molecule has 0 radical (unpaired) electrons. The average molecular weight is 357 g/mol. The average Bonchev–Trinajstić information content (AvgIpc) is 3.36. The van der Waals surface area contributed by atoms with Crippen molar-refractivity contribution in [3.05, 3.63) is 29.8 Å². The van der Waals surface area contributed by atoms with Crippen LogP contribution in [0.3, 0.4) is 0 Å². The number of rotatable bonds is 4. The molecule has 5 heteroatoms. The number of guanidine groups is 1. The lowest BCUT2D eigenvalue weighted by atomic mass is 9.90. The van der Waals surface area contributed by atoms with E-state index in [0.717, 1.165) is 36.6 Å². The molecule has 2 N–H and O–H groups in total. The van der Waals surface area contributed by atoms with E-state index in [1.807, 2.05) is 13.1 Å². The third-order valence-corrected chi connectivity index (χ3v) is 5.85. The third-order valence-electron chi connectivity index (χ3n) is 5.85. The number of aliphatic imine (C=N–C) groups is 1. The summed E-state index contributed by atoms with van der Waals surface area (Å²) >= 11 is 0. The van der Waals surface area contributed by atoms with E-state index in [-0.39, 0.29) is 11.6 Å². The van der Waals surface area contributed by atoms with Crippen molar-refractivity contribution in [2.75, 3.05) is 26.7 Å². The molecular formula is C21H32N4O. The van der Waals surface area contributed by atoms with Gasteiger partial charge >= 0.3 is 0 Å². The van der Waals surface area contributed by atoms with E-state index in [0.29, 0.717) is 0 Å². The Hall–Kier alpha value is -1.75. The quantitative estimate of drug-likeness (QED) is 0.643. The monoisotopic (exact) mass is 356 g/mol. The summed E-state index contributed by atoms with van der Waals surface area (Å²) < 4.78 is 6.14. The summed E-state index contributed by atoms with van der Waals surface area (Å²) in [5.74, 6) is 2.60. The van der Waals surface area contributed by atoms with Crippen LogP contribution in [0.25, 0.3) is 0 Å². The third kappa shape index (κ3) is 3.98. The van der Waals surface area contributed by atoms with E-state index in [4.69, 9.17) is 4.74 Å². The van der Waals surface area contributed by atoms with E-state index < -0.39 is 0 Å². The number of para-hydroxylation sites is 1. The largest absolute Gasteiger partial charge is 0.487 e. The summed E-state index contributed by atoms with van der Waals surface area (Å²) in [6.45, 7) is 7.81. The Morgan fingerprint density at radius 3 is 2.85 bits per heavy atom. The number of hydrogen-bond acceptors (Lipinski definition) is 3. The van der Waals surface area contributed by atoms with E-state index >= 15 is 0 Å². The number of nitrogens with zero attached hydrogens (tertiary/aromatic N) is 2. The molecule has 2 aliphatic heterocycles. The van der Waals surface area contributed by atoms with Crippen LogP contribution >= 0.6 is 0 Å². The van der Waals surface area contributed by atoms with Gasteiger partial charge in [0.15, 0.2) is 5.96 Å². The molecule has 4 rings (SSSR count). The van der Waals surface area contributed by atoms with Crippen molar-refractivity contribution < 1.29 is 4.74 Å². The number of benzene rings is 1. The SMILES string of the molecule is CN=C(NCC1CCN(C2CC2)C1)NC1CC(C)(C)Oc2ccccc21. The number of ether oxygens (including phenoxy) is 1. The van der Waals surface area contributed by atoms with Gasteiger partial charge in [0.1, 0.15) is 11.4 Å². The molecule has 0 spiro atoms. The number of fused-ring (bicyclic) bond motifs is 1. The van der Waals surface area contributed by atoms with Crippen molar-refractivity contribution in [3.8, 4) is 5.75 Å². The number of likely N-dealkylation sites (tertiary alicyclic amines) is 1. The van der Waals surface area contributed by atoms with Gasteiger partial charge in [0, 0.05) is 38.2 Å². The molecule has 26 heavy (non-hydrogen) atoms. The molecule has 3 aliphatic rings. The van der Waals surface area contributed by atoms with Crippen LogP contribution in [0.5, 0.6) is 5.75 Å². The second kappa shape index (κ2) is 7.10. The lowest BCUT2D eigenvalue weighted by Crippen LogP contribution is -2.46. The van der Waals surface area contributed by atoms with Crippen LogP contribution in [0, 0.1) is 5.92 Å². The summed E-state index contributed by atoms with van der Waals surface area (Å²) in [4.78, 5) is 7.14. The van der Waals surface area contributed by atoms with E-state index in [2.05, 4.69) is 52.6 Å².